The molecule has 0 aromatic heterocycles. The average Bonchev–Trinajstić information content (AvgIpc) is 2.60. The van der Waals surface area contributed by atoms with E-state index in [4.69, 9.17) is 19.8 Å². The van der Waals surface area contributed by atoms with Gasteiger partial charge in [-0.1, -0.05) is 12.5 Å². The summed E-state index contributed by atoms with van der Waals surface area (Å²) in [5.41, 5.74) is 0.266. The van der Waals surface area contributed by atoms with Crippen LogP contribution in [0, 0.1) is 11.3 Å². The highest BCUT2D eigenvalue weighted by Crippen LogP contribution is 2.29. The molecule has 1 fully saturated rings. The highest BCUT2D eigenvalue weighted by Gasteiger charge is 2.12. The molecule has 6 heteroatoms. The van der Waals surface area contributed by atoms with Crippen LogP contribution in [-0.2, 0) is 4.79 Å². The molecular formula is C18H22N2O4. The summed E-state index contributed by atoms with van der Waals surface area (Å²) in [7, 11) is 1.56. The van der Waals surface area contributed by atoms with Crippen molar-refractivity contribution in [3.05, 3.63) is 29.3 Å². The van der Waals surface area contributed by atoms with Crippen LogP contribution in [0.15, 0.2) is 23.8 Å². The van der Waals surface area contributed by atoms with Crippen LogP contribution in [0.5, 0.6) is 11.5 Å². The fraction of sp³-hybridized carbons (Fsp3) is 0.444. The highest BCUT2D eigenvalue weighted by atomic mass is 16.5. The van der Waals surface area contributed by atoms with Crippen LogP contribution in [0.2, 0.25) is 0 Å². The molecule has 0 aliphatic carbocycles. The number of hydrogen-bond donors (Lipinski definition) is 1. The first-order valence-electron chi connectivity index (χ1n) is 8.02. The van der Waals surface area contributed by atoms with Crippen molar-refractivity contribution in [2.75, 3.05) is 33.4 Å². The number of nitriles is 1. The second kappa shape index (κ2) is 8.94. The van der Waals surface area contributed by atoms with Crippen LogP contribution in [0.1, 0.15) is 24.8 Å². The highest BCUT2D eigenvalue weighted by molar-refractivity contribution is 5.96. The second-order valence-electron chi connectivity index (χ2n) is 5.64. The van der Waals surface area contributed by atoms with Gasteiger partial charge in [0, 0.05) is 6.54 Å². The van der Waals surface area contributed by atoms with Gasteiger partial charge in [0.1, 0.15) is 18.2 Å². The van der Waals surface area contributed by atoms with E-state index >= 15 is 0 Å². The van der Waals surface area contributed by atoms with Gasteiger partial charge in [0.2, 0.25) is 0 Å². The van der Waals surface area contributed by atoms with Gasteiger partial charge < -0.3 is 14.6 Å². The molecule has 1 saturated heterocycles. The largest absolute Gasteiger partial charge is 0.493 e. The third kappa shape index (κ3) is 5.00. The van der Waals surface area contributed by atoms with Crippen LogP contribution >= 0.6 is 0 Å². The van der Waals surface area contributed by atoms with Gasteiger partial charge in [-0.15, -0.1) is 0 Å². The van der Waals surface area contributed by atoms with E-state index in [1.807, 2.05) is 0 Å². The molecule has 0 spiro atoms. The van der Waals surface area contributed by atoms with Gasteiger partial charge >= 0.3 is 5.97 Å². The molecule has 6 nitrogen and oxygen atoms in total. The minimum absolute atomic E-state index is 0.320. The number of methoxy groups -OCH3 is 1. The van der Waals surface area contributed by atoms with Crippen molar-refractivity contribution in [3.63, 3.8) is 0 Å². The van der Waals surface area contributed by atoms with Crippen molar-refractivity contribution in [3.8, 4) is 17.6 Å². The molecule has 0 saturated carbocycles. The molecule has 0 atom stereocenters. The lowest BCUT2D eigenvalue weighted by Crippen LogP contribution is -2.33. The van der Waals surface area contributed by atoms with Crippen molar-refractivity contribution in [2.24, 2.45) is 0 Å². The second-order valence-corrected chi connectivity index (χ2v) is 5.64. The standard InChI is InChI=1S/C18H22N2O4/c1-23-16-6-5-14(11-15(13-19)18(21)22)12-17(16)24-10-9-20-7-3-2-4-8-20/h5-6,11-12H,2-4,7-10H2,1H3,(H,21,22). The molecule has 0 amide bonds. The van der Waals surface area contributed by atoms with Gasteiger partial charge in [0.25, 0.3) is 0 Å². The first kappa shape index (κ1) is 17.8. The Labute approximate surface area is 141 Å². The first-order valence-corrected chi connectivity index (χ1v) is 8.02. The number of carboxylic acid groups (broad SMARTS) is 1. The van der Waals surface area contributed by atoms with Crippen molar-refractivity contribution < 1.29 is 19.4 Å². The zero-order valence-electron chi connectivity index (χ0n) is 13.8. The molecule has 1 aromatic carbocycles. The number of benzene rings is 1. The van der Waals surface area contributed by atoms with Gasteiger partial charge in [0.15, 0.2) is 11.5 Å². The molecule has 0 bridgehead atoms. The summed E-state index contributed by atoms with van der Waals surface area (Å²) in [6.07, 6.45) is 5.08. The summed E-state index contributed by atoms with van der Waals surface area (Å²) in [6, 6.07) is 6.76. The monoisotopic (exact) mass is 330 g/mol. The van der Waals surface area contributed by atoms with E-state index in [9.17, 15) is 4.79 Å². The van der Waals surface area contributed by atoms with Gasteiger partial charge in [0.05, 0.1) is 7.11 Å². The number of carbonyl (C=O) groups is 1. The number of hydrogen-bond acceptors (Lipinski definition) is 5. The summed E-state index contributed by atoms with van der Waals surface area (Å²) in [5, 5.41) is 17.8. The van der Waals surface area contributed by atoms with E-state index in [2.05, 4.69) is 4.90 Å². The van der Waals surface area contributed by atoms with Gasteiger partial charge in [-0.2, -0.15) is 5.26 Å². The molecule has 1 aromatic rings. The van der Waals surface area contributed by atoms with Crippen LogP contribution in [0.3, 0.4) is 0 Å². The average molecular weight is 330 g/mol. The van der Waals surface area contributed by atoms with E-state index in [1.165, 1.54) is 25.3 Å². The molecule has 0 radical (unpaired) electrons. The molecule has 128 valence electrons. The van der Waals surface area contributed by atoms with Crippen LogP contribution in [-0.4, -0.2) is 49.3 Å². The number of ether oxygens (including phenoxy) is 2. The minimum atomic E-state index is -1.25. The number of piperidine rings is 1. The van der Waals surface area contributed by atoms with Crippen molar-refractivity contribution in [1.82, 2.24) is 4.90 Å². The Morgan fingerprint density at radius 2 is 2.08 bits per heavy atom. The summed E-state index contributed by atoms with van der Waals surface area (Å²) >= 11 is 0. The Kier molecular flexibility index (Phi) is 6.64. The predicted octanol–water partition coefficient (Wildman–Crippen LogP) is 2.55. The molecule has 0 unspecified atom stereocenters. The van der Waals surface area contributed by atoms with Crippen LogP contribution < -0.4 is 9.47 Å². The Morgan fingerprint density at radius 1 is 1.33 bits per heavy atom. The maximum Gasteiger partial charge on any atom is 0.346 e. The fourth-order valence-electron chi connectivity index (χ4n) is 2.67. The van der Waals surface area contributed by atoms with Crippen LogP contribution in [0.25, 0.3) is 6.08 Å². The number of nitrogens with zero attached hydrogens (tertiary/aromatic N) is 2. The third-order valence-electron chi connectivity index (χ3n) is 3.96. The third-order valence-corrected chi connectivity index (χ3v) is 3.96. The molecule has 1 heterocycles. The van der Waals surface area contributed by atoms with Crippen molar-refractivity contribution in [2.45, 2.75) is 19.3 Å². The van der Waals surface area contributed by atoms with E-state index in [0.717, 1.165) is 19.6 Å². The first-order chi connectivity index (χ1) is 11.6. The van der Waals surface area contributed by atoms with Crippen molar-refractivity contribution in [1.29, 1.82) is 5.26 Å². The topological polar surface area (TPSA) is 82.8 Å². The van der Waals surface area contributed by atoms with Gasteiger partial charge in [-0.05, 0) is 49.7 Å². The number of aliphatic carboxylic acids is 1. The lowest BCUT2D eigenvalue weighted by molar-refractivity contribution is -0.132. The van der Waals surface area contributed by atoms with E-state index in [1.54, 1.807) is 31.4 Å². The molecule has 1 aliphatic heterocycles. The van der Waals surface area contributed by atoms with E-state index < -0.39 is 5.97 Å². The normalized spacial score (nSPS) is 15.6. The Bertz CT molecular complexity index is 643. The molecule has 1 aliphatic rings. The molecule has 2 rings (SSSR count). The van der Waals surface area contributed by atoms with E-state index in [-0.39, 0.29) is 5.57 Å². The minimum Gasteiger partial charge on any atom is -0.493 e. The molecule has 1 N–H and O–H groups in total. The Hall–Kier alpha value is -2.52. The maximum absolute atomic E-state index is 10.9. The lowest BCUT2D eigenvalue weighted by atomic mass is 10.1. The van der Waals surface area contributed by atoms with Gasteiger partial charge in [-0.25, -0.2) is 4.79 Å². The fourth-order valence-corrected chi connectivity index (χ4v) is 2.67. The maximum atomic E-state index is 10.9. The zero-order valence-corrected chi connectivity index (χ0v) is 13.8. The summed E-state index contributed by atoms with van der Waals surface area (Å²) in [5.74, 6) is -0.119. The number of rotatable bonds is 7. The van der Waals surface area contributed by atoms with Crippen LogP contribution in [0.4, 0.5) is 0 Å². The predicted molar refractivity (Wildman–Crippen MR) is 90.0 cm³/mol. The molecule has 24 heavy (non-hydrogen) atoms. The Morgan fingerprint density at radius 3 is 2.71 bits per heavy atom. The quantitative estimate of drug-likeness (QED) is 0.611. The lowest BCUT2D eigenvalue weighted by Gasteiger charge is -2.26. The zero-order chi connectivity index (χ0) is 17.4. The van der Waals surface area contributed by atoms with Crippen molar-refractivity contribution >= 4 is 12.0 Å². The number of likely N-dealkylation sites (tertiary alicyclic amines) is 1. The summed E-state index contributed by atoms with van der Waals surface area (Å²) < 4.78 is 11.1. The summed E-state index contributed by atoms with van der Waals surface area (Å²) in [6.45, 7) is 3.59. The smallest absolute Gasteiger partial charge is 0.346 e. The SMILES string of the molecule is COc1ccc(C=C(C#N)C(=O)O)cc1OCCN1CCCCC1. The summed E-state index contributed by atoms with van der Waals surface area (Å²) in [4.78, 5) is 13.3. The van der Waals surface area contributed by atoms with E-state index in [0.29, 0.717) is 23.7 Å². The number of carboxylic acids is 1. The molecular weight excluding hydrogens is 308 g/mol. The van der Waals surface area contributed by atoms with Gasteiger partial charge in [-0.3, -0.25) is 4.90 Å². The Balaban J connectivity index is 2.05.